The van der Waals surface area contributed by atoms with Crippen LogP contribution < -0.4 is 5.32 Å². The van der Waals surface area contributed by atoms with Crippen LogP contribution in [0.3, 0.4) is 0 Å². The van der Waals surface area contributed by atoms with Crippen LogP contribution in [-0.4, -0.2) is 41.1 Å². The first-order chi connectivity index (χ1) is 9.16. The number of benzene rings is 1. The Kier molecular flexibility index (Phi) is 4.94. The highest BCUT2D eigenvalue weighted by Crippen LogP contribution is 2.32. The maximum atomic E-state index is 12.7. The van der Waals surface area contributed by atoms with E-state index in [1.807, 2.05) is 4.90 Å². The van der Waals surface area contributed by atoms with Gasteiger partial charge in [-0.05, 0) is 44.0 Å². The molecule has 2 atom stereocenters. The predicted octanol–water partition coefficient (Wildman–Crippen LogP) is 2.54. The van der Waals surface area contributed by atoms with Crippen molar-refractivity contribution >= 4 is 34.2 Å². The summed E-state index contributed by atoms with van der Waals surface area (Å²) in [6, 6.07) is 5.58. The molecule has 2 bridgehead atoms. The second-order valence-corrected chi connectivity index (χ2v) is 6.17. The SMILES string of the molecule is Cl.O=C(c1cc(Br)ccc1O)N1C2CCNCC1CC2. The van der Waals surface area contributed by atoms with Gasteiger partial charge >= 0.3 is 0 Å². The number of nitrogens with zero attached hydrogens (tertiary/aromatic N) is 1. The number of aromatic hydroxyl groups is 1. The normalized spacial score (nSPS) is 24.9. The molecule has 0 radical (unpaired) electrons. The predicted molar refractivity (Wildman–Crippen MR) is 83.5 cm³/mol. The zero-order valence-corrected chi connectivity index (χ0v) is 13.4. The molecule has 2 fully saturated rings. The third-order valence-corrected chi connectivity index (χ3v) is 4.57. The van der Waals surface area contributed by atoms with Crippen molar-refractivity contribution in [2.75, 3.05) is 13.1 Å². The van der Waals surface area contributed by atoms with Gasteiger partial charge in [-0.2, -0.15) is 0 Å². The summed E-state index contributed by atoms with van der Waals surface area (Å²) < 4.78 is 0.814. The van der Waals surface area contributed by atoms with Crippen LogP contribution in [0, 0.1) is 0 Å². The molecule has 0 aliphatic carbocycles. The van der Waals surface area contributed by atoms with E-state index in [0.29, 0.717) is 11.6 Å². The first-order valence-electron chi connectivity index (χ1n) is 6.68. The lowest BCUT2D eigenvalue weighted by Gasteiger charge is -2.28. The monoisotopic (exact) mass is 360 g/mol. The largest absolute Gasteiger partial charge is 0.507 e. The quantitative estimate of drug-likeness (QED) is 0.808. The van der Waals surface area contributed by atoms with Crippen LogP contribution in [-0.2, 0) is 0 Å². The molecule has 2 saturated heterocycles. The highest BCUT2D eigenvalue weighted by Gasteiger charge is 2.38. The number of amides is 1. The van der Waals surface area contributed by atoms with Crippen LogP contribution in [0.2, 0.25) is 0 Å². The summed E-state index contributed by atoms with van der Waals surface area (Å²) in [5, 5.41) is 13.3. The second-order valence-electron chi connectivity index (χ2n) is 5.25. The number of nitrogens with one attached hydrogen (secondary N) is 1. The van der Waals surface area contributed by atoms with Crippen molar-refractivity contribution in [3.05, 3.63) is 28.2 Å². The van der Waals surface area contributed by atoms with Crippen molar-refractivity contribution in [1.82, 2.24) is 10.2 Å². The highest BCUT2D eigenvalue weighted by molar-refractivity contribution is 9.10. The summed E-state index contributed by atoms with van der Waals surface area (Å²) in [6.07, 6.45) is 3.13. The summed E-state index contributed by atoms with van der Waals surface area (Å²) in [4.78, 5) is 14.7. The molecule has 2 heterocycles. The van der Waals surface area contributed by atoms with E-state index in [1.165, 1.54) is 0 Å². The van der Waals surface area contributed by atoms with Crippen molar-refractivity contribution in [2.45, 2.75) is 31.3 Å². The maximum absolute atomic E-state index is 12.7. The number of hydrogen-bond donors (Lipinski definition) is 2. The van der Waals surface area contributed by atoms with E-state index in [2.05, 4.69) is 21.2 Å². The molecule has 6 heteroatoms. The molecule has 0 spiro atoms. The topological polar surface area (TPSA) is 52.6 Å². The molecule has 2 N–H and O–H groups in total. The molecule has 1 amide bonds. The molecule has 2 aliphatic rings. The lowest BCUT2D eigenvalue weighted by atomic mass is 10.1. The first-order valence-corrected chi connectivity index (χ1v) is 7.48. The van der Waals surface area contributed by atoms with Gasteiger partial charge < -0.3 is 15.3 Å². The molecule has 0 saturated carbocycles. The lowest BCUT2D eigenvalue weighted by molar-refractivity contribution is 0.0677. The molecule has 1 aromatic carbocycles. The summed E-state index contributed by atoms with van der Waals surface area (Å²) in [7, 11) is 0. The van der Waals surface area contributed by atoms with Crippen LogP contribution >= 0.6 is 28.3 Å². The lowest BCUT2D eigenvalue weighted by Crippen LogP contribution is -2.42. The van der Waals surface area contributed by atoms with Crippen LogP contribution in [0.25, 0.3) is 0 Å². The van der Waals surface area contributed by atoms with E-state index in [0.717, 1.165) is 36.8 Å². The third kappa shape index (κ3) is 2.80. The van der Waals surface area contributed by atoms with Crippen molar-refractivity contribution in [2.24, 2.45) is 0 Å². The standard InChI is InChI=1S/C14H17BrN2O2.ClH/c15-9-1-4-13(18)12(7-9)14(19)17-10-2-3-11(17)8-16-6-5-10;/h1,4,7,10-11,16,18H,2-3,5-6,8H2;1H. The Bertz CT molecular complexity index is 498. The zero-order valence-electron chi connectivity index (χ0n) is 11.0. The molecule has 1 aromatic rings. The Hall–Kier alpha value is -0.780. The van der Waals surface area contributed by atoms with Gasteiger partial charge in [0, 0.05) is 23.1 Å². The average molecular weight is 362 g/mol. The molecular formula is C14H18BrClN2O2. The van der Waals surface area contributed by atoms with E-state index in [4.69, 9.17) is 0 Å². The fraction of sp³-hybridized carbons (Fsp3) is 0.500. The minimum Gasteiger partial charge on any atom is -0.507 e. The van der Waals surface area contributed by atoms with Crippen molar-refractivity contribution in [3.63, 3.8) is 0 Å². The van der Waals surface area contributed by atoms with Gasteiger partial charge in [-0.25, -0.2) is 0 Å². The Morgan fingerprint density at radius 2 is 2.05 bits per heavy atom. The number of fused-ring (bicyclic) bond motifs is 2. The van der Waals surface area contributed by atoms with E-state index in [9.17, 15) is 9.90 Å². The van der Waals surface area contributed by atoms with E-state index >= 15 is 0 Å². The van der Waals surface area contributed by atoms with Gasteiger partial charge in [-0.15, -0.1) is 12.4 Å². The van der Waals surface area contributed by atoms with Gasteiger partial charge in [0.15, 0.2) is 0 Å². The fourth-order valence-electron chi connectivity index (χ4n) is 3.13. The van der Waals surface area contributed by atoms with E-state index < -0.39 is 0 Å². The average Bonchev–Trinajstić information content (AvgIpc) is 2.65. The number of carbonyl (C=O) groups is 1. The van der Waals surface area contributed by atoms with Crippen molar-refractivity contribution in [1.29, 1.82) is 0 Å². The molecule has 3 rings (SSSR count). The first kappa shape index (κ1) is 15.6. The molecule has 2 unspecified atom stereocenters. The third-order valence-electron chi connectivity index (χ3n) is 4.08. The smallest absolute Gasteiger partial charge is 0.258 e. The molecule has 4 nitrogen and oxygen atoms in total. The van der Waals surface area contributed by atoms with Gasteiger partial charge in [-0.1, -0.05) is 15.9 Å². The minimum absolute atomic E-state index is 0. The Labute approximate surface area is 133 Å². The number of phenols is 1. The molecule has 0 aromatic heterocycles. The Balaban J connectivity index is 0.00000147. The van der Waals surface area contributed by atoms with Crippen LogP contribution in [0.1, 0.15) is 29.6 Å². The molecular weight excluding hydrogens is 344 g/mol. The highest BCUT2D eigenvalue weighted by atomic mass is 79.9. The maximum Gasteiger partial charge on any atom is 0.258 e. The summed E-state index contributed by atoms with van der Waals surface area (Å²) in [5.41, 5.74) is 0.396. The Morgan fingerprint density at radius 3 is 2.85 bits per heavy atom. The van der Waals surface area contributed by atoms with Gasteiger partial charge in [0.1, 0.15) is 5.75 Å². The van der Waals surface area contributed by atoms with E-state index in [-0.39, 0.29) is 30.1 Å². The van der Waals surface area contributed by atoms with Crippen molar-refractivity contribution < 1.29 is 9.90 Å². The van der Waals surface area contributed by atoms with Gasteiger partial charge in [-0.3, -0.25) is 4.79 Å². The summed E-state index contributed by atoms with van der Waals surface area (Å²) in [5.74, 6) is 0.0137. The molecule has 2 aliphatic heterocycles. The van der Waals surface area contributed by atoms with Crippen LogP contribution in [0.4, 0.5) is 0 Å². The van der Waals surface area contributed by atoms with Crippen LogP contribution in [0.5, 0.6) is 5.75 Å². The Morgan fingerprint density at radius 1 is 1.30 bits per heavy atom. The van der Waals surface area contributed by atoms with Gasteiger partial charge in [0.25, 0.3) is 5.91 Å². The van der Waals surface area contributed by atoms with Gasteiger partial charge in [0.2, 0.25) is 0 Å². The zero-order chi connectivity index (χ0) is 13.4. The summed E-state index contributed by atoms with van der Waals surface area (Å²) in [6.45, 7) is 1.83. The van der Waals surface area contributed by atoms with Crippen LogP contribution in [0.15, 0.2) is 22.7 Å². The van der Waals surface area contributed by atoms with Gasteiger partial charge in [0.05, 0.1) is 5.56 Å². The molecule has 110 valence electrons. The summed E-state index contributed by atoms with van der Waals surface area (Å²) >= 11 is 3.36. The number of rotatable bonds is 1. The number of phenolic OH excluding ortho intramolecular Hbond substituents is 1. The number of halogens is 2. The van der Waals surface area contributed by atoms with Crippen molar-refractivity contribution in [3.8, 4) is 5.75 Å². The fourth-order valence-corrected chi connectivity index (χ4v) is 3.49. The molecule has 20 heavy (non-hydrogen) atoms. The number of carbonyl (C=O) groups excluding carboxylic acids is 1. The number of hydrogen-bond acceptors (Lipinski definition) is 3. The second kappa shape index (κ2) is 6.33. The van der Waals surface area contributed by atoms with E-state index in [1.54, 1.807) is 18.2 Å². The minimum atomic E-state index is -0.0463.